The maximum absolute atomic E-state index is 14.0. The maximum Gasteiger partial charge on any atom is 0.270 e. The predicted molar refractivity (Wildman–Crippen MR) is 74.4 cm³/mol. The summed E-state index contributed by atoms with van der Waals surface area (Å²) < 4.78 is 15.8. The highest BCUT2D eigenvalue weighted by atomic mass is 19.1. The summed E-state index contributed by atoms with van der Waals surface area (Å²) in [5.74, 6) is -1.43. The first-order valence-electron chi connectivity index (χ1n) is 6.23. The molecular formula is C14H14FN3O3. The highest BCUT2D eigenvalue weighted by molar-refractivity contribution is 5.95. The van der Waals surface area contributed by atoms with Crippen molar-refractivity contribution in [2.24, 2.45) is 7.05 Å². The molecule has 0 atom stereocenters. The molecule has 1 N–H and O–H groups in total. The van der Waals surface area contributed by atoms with Gasteiger partial charge in [-0.3, -0.25) is 14.9 Å². The number of non-ortho nitro benzene ring substituents is 1. The van der Waals surface area contributed by atoms with E-state index in [1.54, 1.807) is 0 Å². The number of nitro benzene ring substituents is 1. The fourth-order valence-electron chi connectivity index (χ4n) is 1.97. The summed E-state index contributed by atoms with van der Waals surface area (Å²) in [7, 11) is 1.82. The summed E-state index contributed by atoms with van der Waals surface area (Å²) in [5.41, 5.74) is 0.271. The Morgan fingerprint density at radius 1 is 1.48 bits per heavy atom. The van der Waals surface area contributed by atoms with E-state index in [9.17, 15) is 19.3 Å². The quantitative estimate of drug-likeness (QED) is 0.693. The van der Waals surface area contributed by atoms with Gasteiger partial charge in [-0.1, -0.05) is 0 Å². The molecule has 6 nitrogen and oxygen atoms in total. The van der Waals surface area contributed by atoms with Crippen LogP contribution in [-0.2, 0) is 13.6 Å². The van der Waals surface area contributed by atoms with Crippen molar-refractivity contribution in [3.63, 3.8) is 0 Å². The van der Waals surface area contributed by atoms with Crippen LogP contribution in [0.25, 0.3) is 0 Å². The zero-order chi connectivity index (χ0) is 15.6. The minimum absolute atomic E-state index is 0.0632. The summed E-state index contributed by atoms with van der Waals surface area (Å²) in [6.45, 7) is 1.60. The third-order valence-electron chi connectivity index (χ3n) is 3.18. The van der Waals surface area contributed by atoms with E-state index in [-0.39, 0.29) is 23.4 Å². The Morgan fingerprint density at radius 3 is 2.76 bits per heavy atom. The Kier molecular flexibility index (Phi) is 4.02. The first-order valence-corrected chi connectivity index (χ1v) is 6.23. The van der Waals surface area contributed by atoms with Gasteiger partial charge in [0.1, 0.15) is 5.82 Å². The van der Waals surface area contributed by atoms with E-state index in [0.29, 0.717) is 0 Å². The van der Waals surface area contributed by atoms with Crippen LogP contribution in [0.3, 0.4) is 0 Å². The number of rotatable bonds is 4. The van der Waals surface area contributed by atoms with Crippen LogP contribution in [0.2, 0.25) is 0 Å². The summed E-state index contributed by atoms with van der Waals surface area (Å²) in [4.78, 5) is 22.1. The maximum atomic E-state index is 14.0. The number of carbonyl (C=O) groups excluding carboxylic acids is 1. The molecule has 2 rings (SSSR count). The molecule has 21 heavy (non-hydrogen) atoms. The molecule has 110 valence electrons. The first kappa shape index (κ1) is 14.7. The number of nitro groups is 1. The summed E-state index contributed by atoms with van der Waals surface area (Å²) in [5, 5.41) is 13.3. The molecule has 0 saturated carbocycles. The predicted octanol–water partition coefficient (Wildman–Crippen LogP) is 2.31. The fraction of sp³-hybridized carbons (Fsp3) is 0.214. The van der Waals surface area contributed by atoms with Crippen molar-refractivity contribution in [3.05, 3.63) is 63.2 Å². The van der Waals surface area contributed by atoms with Crippen LogP contribution < -0.4 is 5.32 Å². The minimum Gasteiger partial charge on any atom is -0.353 e. The standard InChI is InChI=1S/C14H14FN3O3/c1-9-6-11(18(20)21)7-12(13(9)15)14(19)16-8-10-4-3-5-17(10)2/h3-7H,8H2,1-2H3,(H,16,19). The topological polar surface area (TPSA) is 77.2 Å². The fourth-order valence-corrected chi connectivity index (χ4v) is 1.97. The molecule has 1 amide bonds. The second-order valence-electron chi connectivity index (χ2n) is 4.67. The normalized spacial score (nSPS) is 10.4. The number of hydrogen-bond donors (Lipinski definition) is 1. The van der Waals surface area contributed by atoms with Gasteiger partial charge >= 0.3 is 0 Å². The molecule has 1 heterocycles. The van der Waals surface area contributed by atoms with Gasteiger partial charge in [0.25, 0.3) is 11.6 Å². The van der Waals surface area contributed by atoms with Crippen LogP contribution in [0.15, 0.2) is 30.5 Å². The highest BCUT2D eigenvalue weighted by Crippen LogP contribution is 2.21. The van der Waals surface area contributed by atoms with Crippen molar-refractivity contribution >= 4 is 11.6 Å². The average molecular weight is 291 g/mol. The number of nitrogens with zero attached hydrogens (tertiary/aromatic N) is 2. The van der Waals surface area contributed by atoms with Gasteiger partial charge in [-0.05, 0) is 24.6 Å². The molecule has 2 aromatic rings. The Balaban J connectivity index is 2.22. The lowest BCUT2D eigenvalue weighted by Crippen LogP contribution is -2.25. The molecule has 0 unspecified atom stereocenters. The van der Waals surface area contributed by atoms with Crippen LogP contribution in [-0.4, -0.2) is 15.4 Å². The molecular weight excluding hydrogens is 277 g/mol. The Labute approximate surface area is 120 Å². The summed E-state index contributed by atoms with van der Waals surface area (Å²) >= 11 is 0. The largest absolute Gasteiger partial charge is 0.353 e. The van der Waals surface area contributed by atoms with E-state index in [2.05, 4.69) is 5.32 Å². The van der Waals surface area contributed by atoms with Crippen molar-refractivity contribution in [1.29, 1.82) is 0 Å². The van der Waals surface area contributed by atoms with Crippen molar-refractivity contribution < 1.29 is 14.1 Å². The molecule has 0 bridgehead atoms. The van der Waals surface area contributed by atoms with E-state index in [0.717, 1.165) is 17.8 Å². The number of benzene rings is 1. The Morgan fingerprint density at radius 2 is 2.19 bits per heavy atom. The second kappa shape index (κ2) is 5.74. The number of halogens is 1. The molecule has 0 aliphatic heterocycles. The van der Waals surface area contributed by atoms with E-state index >= 15 is 0 Å². The van der Waals surface area contributed by atoms with Gasteiger partial charge in [-0.2, -0.15) is 0 Å². The minimum atomic E-state index is -0.745. The zero-order valence-corrected chi connectivity index (χ0v) is 11.6. The Hall–Kier alpha value is -2.70. The number of carbonyl (C=O) groups is 1. The van der Waals surface area contributed by atoms with Crippen molar-refractivity contribution in [3.8, 4) is 0 Å². The molecule has 0 aliphatic rings. The molecule has 0 fully saturated rings. The van der Waals surface area contributed by atoms with Crippen LogP contribution in [0, 0.1) is 22.9 Å². The van der Waals surface area contributed by atoms with Gasteiger partial charge < -0.3 is 9.88 Å². The zero-order valence-electron chi connectivity index (χ0n) is 11.6. The monoisotopic (exact) mass is 291 g/mol. The van der Waals surface area contributed by atoms with Crippen LogP contribution in [0.5, 0.6) is 0 Å². The SMILES string of the molecule is Cc1cc([N+](=O)[O-])cc(C(=O)NCc2cccn2C)c1F. The molecule has 0 spiro atoms. The lowest BCUT2D eigenvalue weighted by Gasteiger charge is -2.08. The van der Waals surface area contributed by atoms with Crippen molar-refractivity contribution in [1.82, 2.24) is 9.88 Å². The lowest BCUT2D eigenvalue weighted by atomic mass is 10.1. The Bertz CT molecular complexity index is 709. The molecule has 0 saturated heterocycles. The van der Waals surface area contributed by atoms with E-state index < -0.39 is 16.6 Å². The average Bonchev–Trinajstić information content (AvgIpc) is 2.84. The second-order valence-corrected chi connectivity index (χ2v) is 4.67. The van der Waals surface area contributed by atoms with Crippen LogP contribution in [0.1, 0.15) is 21.6 Å². The van der Waals surface area contributed by atoms with E-state index in [1.807, 2.05) is 29.9 Å². The van der Waals surface area contributed by atoms with Crippen LogP contribution >= 0.6 is 0 Å². The van der Waals surface area contributed by atoms with Gasteiger partial charge in [0.2, 0.25) is 0 Å². The number of amides is 1. The highest BCUT2D eigenvalue weighted by Gasteiger charge is 2.19. The van der Waals surface area contributed by atoms with Crippen LogP contribution in [0.4, 0.5) is 10.1 Å². The number of aryl methyl sites for hydroxylation is 2. The van der Waals surface area contributed by atoms with Gasteiger partial charge in [-0.15, -0.1) is 0 Å². The number of aromatic nitrogens is 1. The van der Waals surface area contributed by atoms with Gasteiger partial charge in [0.15, 0.2) is 0 Å². The molecule has 0 aliphatic carbocycles. The van der Waals surface area contributed by atoms with E-state index in [4.69, 9.17) is 0 Å². The van der Waals surface area contributed by atoms with Gasteiger partial charge in [0, 0.05) is 31.1 Å². The third-order valence-corrected chi connectivity index (χ3v) is 3.18. The smallest absolute Gasteiger partial charge is 0.270 e. The van der Waals surface area contributed by atoms with Gasteiger partial charge in [-0.25, -0.2) is 4.39 Å². The molecule has 0 radical (unpaired) electrons. The summed E-state index contributed by atoms with van der Waals surface area (Å²) in [6.07, 6.45) is 1.82. The lowest BCUT2D eigenvalue weighted by molar-refractivity contribution is -0.385. The first-order chi connectivity index (χ1) is 9.90. The molecule has 7 heteroatoms. The number of hydrogen-bond acceptors (Lipinski definition) is 3. The van der Waals surface area contributed by atoms with Crippen molar-refractivity contribution in [2.45, 2.75) is 13.5 Å². The summed E-state index contributed by atoms with van der Waals surface area (Å²) in [6, 6.07) is 5.68. The van der Waals surface area contributed by atoms with Gasteiger partial charge in [0.05, 0.1) is 17.0 Å². The third kappa shape index (κ3) is 3.07. The van der Waals surface area contributed by atoms with Crippen molar-refractivity contribution in [2.75, 3.05) is 0 Å². The molecule has 1 aromatic carbocycles. The van der Waals surface area contributed by atoms with E-state index in [1.165, 1.54) is 6.92 Å². The molecule has 1 aromatic heterocycles. The number of nitrogens with one attached hydrogen (secondary N) is 1.